The average Bonchev–Trinajstić information content (AvgIpc) is 2.75. The summed E-state index contributed by atoms with van der Waals surface area (Å²) in [4.78, 5) is 8.30. The number of nitrogens with zero attached hydrogens (tertiary/aromatic N) is 2. The minimum Gasteiger partial charge on any atom is -0.497 e. The number of ether oxygens (including phenoxy) is 4. The number of nitrogens with two attached hydrogens (primary N) is 1. The number of benzene rings is 2. The van der Waals surface area contributed by atoms with Crippen LogP contribution in [0.25, 0.3) is 0 Å². The molecule has 2 N–H and O–H groups in total. The first-order chi connectivity index (χ1) is 14.8. The number of anilines is 1. The van der Waals surface area contributed by atoms with Gasteiger partial charge < -0.3 is 24.7 Å². The molecule has 7 nitrogen and oxygen atoms in total. The Morgan fingerprint density at radius 3 is 2.16 bits per heavy atom. The Balaban J connectivity index is 1.66. The second kappa shape index (κ2) is 10.1. The zero-order valence-corrected chi connectivity index (χ0v) is 18.4. The van der Waals surface area contributed by atoms with Crippen LogP contribution in [-0.2, 0) is 11.3 Å². The van der Waals surface area contributed by atoms with E-state index in [1.54, 1.807) is 13.2 Å². The average molecular weight is 424 g/mol. The van der Waals surface area contributed by atoms with Crippen LogP contribution in [0.2, 0.25) is 0 Å². The molecule has 0 spiro atoms. The highest BCUT2D eigenvalue weighted by molar-refractivity contribution is 5.31. The Morgan fingerprint density at radius 1 is 0.903 bits per heavy atom. The molecule has 7 heteroatoms. The molecule has 164 valence electrons. The summed E-state index contributed by atoms with van der Waals surface area (Å²) >= 11 is 0. The molecule has 0 saturated carbocycles. The van der Waals surface area contributed by atoms with Gasteiger partial charge in [0.25, 0.3) is 0 Å². The Morgan fingerprint density at radius 2 is 1.55 bits per heavy atom. The van der Waals surface area contributed by atoms with Crippen molar-refractivity contribution in [3.8, 4) is 17.5 Å². The lowest BCUT2D eigenvalue weighted by Gasteiger charge is -2.27. The summed E-state index contributed by atoms with van der Waals surface area (Å²) in [6, 6.07) is 19.2. The molecule has 1 heterocycles. The molecule has 0 aliphatic heterocycles. The van der Waals surface area contributed by atoms with Crippen LogP contribution in [0.15, 0.2) is 60.7 Å². The third-order valence-corrected chi connectivity index (χ3v) is 4.29. The fourth-order valence-corrected chi connectivity index (χ4v) is 2.90. The lowest BCUT2D eigenvalue weighted by Crippen LogP contribution is -2.26. The zero-order chi connectivity index (χ0) is 22.3. The minimum atomic E-state index is -0.332. The van der Waals surface area contributed by atoms with Gasteiger partial charge in [0.1, 0.15) is 25.1 Å². The van der Waals surface area contributed by atoms with E-state index >= 15 is 0 Å². The summed E-state index contributed by atoms with van der Waals surface area (Å²) in [6.45, 7) is 6.64. The first kappa shape index (κ1) is 22.4. The first-order valence-electron chi connectivity index (χ1n) is 10.1. The third kappa shape index (κ3) is 7.15. The van der Waals surface area contributed by atoms with Gasteiger partial charge in [-0.3, -0.25) is 0 Å². The third-order valence-electron chi connectivity index (χ3n) is 4.29. The maximum Gasteiger partial charge on any atom is 0.226 e. The van der Waals surface area contributed by atoms with E-state index in [9.17, 15) is 0 Å². The molecule has 0 amide bonds. The number of hydrogen-bond acceptors (Lipinski definition) is 7. The normalized spacial score (nSPS) is 12.3. The van der Waals surface area contributed by atoms with Crippen molar-refractivity contribution in [1.29, 1.82) is 0 Å². The molecule has 2 aromatic carbocycles. The minimum absolute atomic E-state index is 0.0789. The van der Waals surface area contributed by atoms with Crippen molar-refractivity contribution in [2.45, 2.75) is 39.1 Å². The van der Waals surface area contributed by atoms with Crippen LogP contribution >= 0.6 is 0 Å². The second-order valence-corrected chi connectivity index (χ2v) is 7.98. The molecule has 1 unspecified atom stereocenters. The molecule has 0 fully saturated rings. The van der Waals surface area contributed by atoms with Crippen molar-refractivity contribution < 1.29 is 18.9 Å². The van der Waals surface area contributed by atoms with Gasteiger partial charge in [-0.2, -0.15) is 9.97 Å². The summed E-state index contributed by atoms with van der Waals surface area (Å²) in [7, 11) is 1.63. The van der Waals surface area contributed by atoms with E-state index in [4.69, 9.17) is 24.7 Å². The Bertz CT molecular complexity index is 957. The van der Waals surface area contributed by atoms with E-state index in [0.29, 0.717) is 18.4 Å². The molecule has 0 aliphatic rings. The maximum absolute atomic E-state index is 6.19. The second-order valence-electron chi connectivity index (χ2n) is 7.98. The molecule has 3 rings (SSSR count). The zero-order valence-electron chi connectivity index (χ0n) is 18.4. The summed E-state index contributed by atoms with van der Waals surface area (Å²) in [5.74, 6) is 1.54. The summed E-state index contributed by atoms with van der Waals surface area (Å²) < 4.78 is 23.1. The number of hydrogen-bond donors (Lipinski definition) is 1. The number of methoxy groups -OCH3 is 1. The molecule has 0 saturated heterocycles. The van der Waals surface area contributed by atoms with Crippen molar-refractivity contribution in [2.75, 3.05) is 19.5 Å². The maximum atomic E-state index is 6.19. The summed E-state index contributed by atoms with van der Waals surface area (Å²) in [5.41, 5.74) is 7.52. The summed E-state index contributed by atoms with van der Waals surface area (Å²) in [6.07, 6.45) is -0.263. The van der Waals surface area contributed by atoms with Gasteiger partial charge >= 0.3 is 0 Å². The molecular formula is C24H29N3O4. The molecule has 0 aliphatic carbocycles. The topological polar surface area (TPSA) is 88.7 Å². The van der Waals surface area contributed by atoms with Gasteiger partial charge in [-0.05, 0) is 44.0 Å². The van der Waals surface area contributed by atoms with Gasteiger partial charge in [0, 0.05) is 0 Å². The van der Waals surface area contributed by atoms with Crippen LogP contribution < -0.4 is 19.9 Å². The van der Waals surface area contributed by atoms with E-state index in [1.165, 1.54) is 0 Å². The lowest BCUT2D eigenvalue weighted by molar-refractivity contribution is -0.0786. The molecular weight excluding hydrogens is 394 g/mol. The Labute approximate surface area is 183 Å². The van der Waals surface area contributed by atoms with Gasteiger partial charge in [0.05, 0.1) is 18.8 Å². The van der Waals surface area contributed by atoms with E-state index in [-0.39, 0.29) is 24.3 Å². The quantitative estimate of drug-likeness (QED) is 0.539. The predicted molar refractivity (Wildman–Crippen MR) is 119 cm³/mol. The van der Waals surface area contributed by atoms with Gasteiger partial charge in [0.15, 0.2) is 0 Å². The van der Waals surface area contributed by atoms with Gasteiger partial charge in [0.2, 0.25) is 17.7 Å². The van der Waals surface area contributed by atoms with Gasteiger partial charge in [-0.25, -0.2) is 0 Å². The van der Waals surface area contributed by atoms with Crippen LogP contribution in [0.5, 0.6) is 17.5 Å². The monoisotopic (exact) mass is 423 g/mol. The number of aromatic nitrogens is 2. The summed E-state index contributed by atoms with van der Waals surface area (Å²) in [5, 5.41) is 0. The van der Waals surface area contributed by atoms with Gasteiger partial charge in [-0.15, -0.1) is 0 Å². The highest BCUT2D eigenvalue weighted by Gasteiger charge is 2.21. The smallest absolute Gasteiger partial charge is 0.226 e. The SMILES string of the molecule is COc1ccc(COc2cc(OCC(OC(C)(C)C)c3ccccc3)nc(N)n2)cc1. The van der Waals surface area contributed by atoms with Crippen LogP contribution in [0.3, 0.4) is 0 Å². The highest BCUT2D eigenvalue weighted by atomic mass is 16.5. The number of nitrogen functional groups attached to an aromatic ring is 1. The molecule has 1 aromatic heterocycles. The molecule has 3 aromatic rings. The van der Waals surface area contributed by atoms with Crippen LogP contribution in [0, 0.1) is 0 Å². The Hall–Kier alpha value is -3.32. The molecule has 1 atom stereocenters. The van der Waals surface area contributed by atoms with E-state index < -0.39 is 0 Å². The van der Waals surface area contributed by atoms with Crippen molar-refractivity contribution in [2.24, 2.45) is 0 Å². The van der Waals surface area contributed by atoms with Crippen LogP contribution in [0.4, 0.5) is 5.95 Å². The van der Waals surface area contributed by atoms with Crippen LogP contribution in [0.1, 0.15) is 38.0 Å². The fraction of sp³-hybridized carbons (Fsp3) is 0.333. The van der Waals surface area contributed by atoms with Crippen molar-refractivity contribution >= 4 is 5.95 Å². The van der Waals surface area contributed by atoms with Crippen LogP contribution in [-0.4, -0.2) is 29.3 Å². The lowest BCUT2D eigenvalue weighted by atomic mass is 10.1. The number of rotatable bonds is 9. The molecule has 31 heavy (non-hydrogen) atoms. The highest BCUT2D eigenvalue weighted by Crippen LogP contribution is 2.26. The van der Waals surface area contributed by atoms with Crippen molar-refractivity contribution in [3.05, 3.63) is 71.8 Å². The van der Waals surface area contributed by atoms with Crippen molar-refractivity contribution in [1.82, 2.24) is 9.97 Å². The fourth-order valence-electron chi connectivity index (χ4n) is 2.90. The Kier molecular flexibility index (Phi) is 7.31. The largest absolute Gasteiger partial charge is 0.497 e. The molecule has 0 bridgehead atoms. The standard InChI is InChI=1S/C24H29N3O4/c1-24(2,3)31-20(18-8-6-5-7-9-18)16-30-22-14-21(26-23(25)27-22)29-15-17-10-12-19(28-4)13-11-17/h5-14,20H,15-16H2,1-4H3,(H2,25,26,27). The van der Waals surface area contributed by atoms with E-state index in [2.05, 4.69) is 9.97 Å². The first-order valence-corrected chi connectivity index (χ1v) is 10.1. The van der Waals surface area contributed by atoms with Crippen molar-refractivity contribution in [3.63, 3.8) is 0 Å². The van der Waals surface area contributed by atoms with E-state index in [1.807, 2.05) is 75.4 Å². The molecule has 0 radical (unpaired) electrons. The van der Waals surface area contributed by atoms with E-state index in [0.717, 1.165) is 16.9 Å². The van der Waals surface area contributed by atoms with Gasteiger partial charge in [-0.1, -0.05) is 42.5 Å². The predicted octanol–water partition coefficient (Wildman–Crippen LogP) is 4.58.